The quantitative estimate of drug-likeness (QED) is 0.565. The zero-order chi connectivity index (χ0) is 17.2. The van der Waals surface area contributed by atoms with Gasteiger partial charge in [-0.15, -0.1) is 11.3 Å². The molecule has 0 bridgehead atoms. The van der Waals surface area contributed by atoms with Crippen molar-refractivity contribution < 1.29 is 0 Å². The Morgan fingerprint density at radius 2 is 1.88 bits per heavy atom. The van der Waals surface area contributed by atoms with Crippen molar-refractivity contribution in [2.45, 2.75) is 19.4 Å². The van der Waals surface area contributed by atoms with E-state index in [-0.39, 0.29) is 0 Å². The predicted octanol–water partition coefficient (Wildman–Crippen LogP) is 5.55. The van der Waals surface area contributed by atoms with Crippen LogP contribution in [0, 0.1) is 11.3 Å². The number of anilines is 1. The molecular formula is C20H18BrN3S. The molecule has 1 aromatic heterocycles. The number of hydrogen-bond acceptors (Lipinski definition) is 4. The summed E-state index contributed by atoms with van der Waals surface area (Å²) in [5.74, 6) is 0. The second-order valence-corrected chi connectivity index (χ2v) is 8.56. The molecule has 0 unspecified atom stereocenters. The summed E-state index contributed by atoms with van der Waals surface area (Å²) in [6, 6.07) is 16.8. The van der Waals surface area contributed by atoms with Gasteiger partial charge in [-0.25, -0.2) is 5.01 Å². The summed E-state index contributed by atoms with van der Waals surface area (Å²) in [6.45, 7) is 2.99. The summed E-state index contributed by atoms with van der Waals surface area (Å²) >= 11 is 5.29. The Balaban J connectivity index is 1.74. The van der Waals surface area contributed by atoms with Crippen LogP contribution in [0.1, 0.15) is 24.0 Å². The topological polar surface area (TPSA) is 30.3 Å². The Bertz CT molecular complexity index is 944. The molecule has 25 heavy (non-hydrogen) atoms. The fraction of sp³-hybridized carbons (Fsp3) is 0.250. The lowest BCUT2D eigenvalue weighted by atomic mass is 10.0. The van der Waals surface area contributed by atoms with Gasteiger partial charge in [-0.3, -0.25) is 0 Å². The number of benzene rings is 2. The Morgan fingerprint density at radius 1 is 1.08 bits per heavy atom. The van der Waals surface area contributed by atoms with E-state index in [1.807, 2.05) is 18.2 Å². The summed E-state index contributed by atoms with van der Waals surface area (Å²) in [6.07, 6.45) is 2.41. The maximum atomic E-state index is 9.41. The molecule has 1 saturated heterocycles. The lowest BCUT2D eigenvalue weighted by molar-refractivity contribution is 0.205. The molecule has 3 nitrogen and oxygen atoms in total. The highest BCUT2D eigenvalue weighted by Gasteiger charge is 2.22. The minimum absolute atomic E-state index is 0.740. The first-order valence-corrected chi connectivity index (χ1v) is 10.1. The highest BCUT2D eigenvalue weighted by Crippen LogP contribution is 2.33. The molecule has 1 aliphatic heterocycles. The molecule has 1 aliphatic rings. The molecule has 3 aromatic rings. The second kappa shape index (κ2) is 7.17. The van der Waals surface area contributed by atoms with E-state index >= 15 is 0 Å². The van der Waals surface area contributed by atoms with Crippen LogP contribution < -0.4 is 5.01 Å². The van der Waals surface area contributed by atoms with Gasteiger partial charge in [0.2, 0.25) is 0 Å². The van der Waals surface area contributed by atoms with Gasteiger partial charge in [-0.05, 0) is 57.9 Å². The largest absolute Gasteiger partial charge is 0.305 e. The first kappa shape index (κ1) is 16.6. The van der Waals surface area contributed by atoms with Gasteiger partial charge in [0.05, 0.1) is 21.1 Å². The zero-order valence-electron chi connectivity index (χ0n) is 13.8. The van der Waals surface area contributed by atoms with Crippen molar-refractivity contribution in [2.24, 2.45) is 0 Å². The van der Waals surface area contributed by atoms with Crippen molar-refractivity contribution in [1.82, 2.24) is 5.01 Å². The van der Waals surface area contributed by atoms with E-state index < -0.39 is 0 Å². The lowest BCUT2D eigenvalue weighted by Gasteiger charge is -2.41. The summed E-state index contributed by atoms with van der Waals surface area (Å²) < 4.78 is 1.18. The predicted molar refractivity (Wildman–Crippen MR) is 108 cm³/mol. The third-order valence-electron chi connectivity index (χ3n) is 4.66. The van der Waals surface area contributed by atoms with Crippen molar-refractivity contribution in [1.29, 1.82) is 5.26 Å². The van der Waals surface area contributed by atoms with Crippen LogP contribution in [-0.2, 0) is 6.54 Å². The first-order chi connectivity index (χ1) is 12.3. The van der Waals surface area contributed by atoms with E-state index in [1.54, 1.807) is 11.3 Å². The number of thiophene rings is 1. The first-order valence-electron chi connectivity index (χ1n) is 8.43. The molecule has 0 amide bonds. The molecule has 4 rings (SSSR count). The van der Waals surface area contributed by atoms with Crippen LogP contribution in [0.3, 0.4) is 0 Å². The van der Waals surface area contributed by atoms with Gasteiger partial charge < -0.3 is 5.01 Å². The number of fused-ring (bicyclic) bond motifs is 1. The van der Waals surface area contributed by atoms with E-state index in [0.29, 0.717) is 0 Å². The number of nitrogens with zero attached hydrogens (tertiary/aromatic N) is 3. The van der Waals surface area contributed by atoms with Crippen molar-refractivity contribution in [3.05, 3.63) is 62.8 Å². The van der Waals surface area contributed by atoms with Crippen LogP contribution in [0.4, 0.5) is 5.69 Å². The molecule has 1 fully saturated rings. The summed E-state index contributed by atoms with van der Waals surface area (Å²) in [4.78, 5) is 0. The number of hydrazine groups is 1. The molecule has 2 aromatic carbocycles. The molecule has 126 valence electrons. The van der Waals surface area contributed by atoms with Crippen LogP contribution in [0.5, 0.6) is 0 Å². The van der Waals surface area contributed by atoms with E-state index in [1.165, 1.54) is 27.9 Å². The molecule has 0 radical (unpaired) electrons. The maximum absolute atomic E-state index is 9.41. The van der Waals surface area contributed by atoms with Crippen LogP contribution in [0.25, 0.3) is 10.8 Å². The van der Waals surface area contributed by atoms with Gasteiger partial charge in [0.25, 0.3) is 0 Å². The number of rotatable bonds is 3. The monoisotopic (exact) mass is 411 g/mol. The summed E-state index contributed by atoms with van der Waals surface area (Å²) in [7, 11) is 0. The van der Waals surface area contributed by atoms with Gasteiger partial charge in [-0.1, -0.05) is 24.3 Å². The fourth-order valence-corrected chi connectivity index (χ4v) is 4.70. The minimum Gasteiger partial charge on any atom is -0.305 e. The molecule has 0 aliphatic carbocycles. The highest BCUT2D eigenvalue weighted by molar-refractivity contribution is 9.11. The second-order valence-electron chi connectivity index (χ2n) is 6.27. The van der Waals surface area contributed by atoms with Crippen molar-refractivity contribution in [2.75, 3.05) is 18.1 Å². The minimum atomic E-state index is 0.740. The van der Waals surface area contributed by atoms with E-state index in [9.17, 15) is 5.26 Å². The van der Waals surface area contributed by atoms with Crippen molar-refractivity contribution in [3.63, 3.8) is 0 Å². The highest BCUT2D eigenvalue weighted by atomic mass is 79.9. The van der Waals surface area contributed by atoms with Gasteiger partial charge in [0.15, 0.2) is 0 Å². The summed E-state index contributed by atoms with van der Waals surface area (Å²) in [5, 5.41) is 18.6. The van der Waals surface area contributed by atoms with E-state index in [0.717, 1.165) is 36.0 Å². The molecule has 0 N–H and O–H groups in total. The fourth-order valence-electron chi connectivity index (χ4n) is 3.50. The van der Waals surface area contributed by atoms with Crippen LogP contribution in [0.15, 0.2) is 51.6 Å². The van der Waals surface area contributed by atoms with Crippen molar-refractivity contribution in [3.8, 4) is 6.07 Å². The lowest BCUT2D eigenvalue weighted by Crippen LogP contribution is -2.46. The standard InChI is InChI=1S/C20H18BrN3S/c21-20-11-15(14-25-20)13-23-9-3-4-10-24(23)19-8-7-16(12-22)17-5-1-2-6-18(17)19/h1-2,5-8,11,14H,3-4,9-10,13H2. The third-order valence-corrected chi connectivity index (χ3v) is 6.22. The normalized spacial score (nSPS) is 15.4. The Kier molecular flexibility index (Phi) is 4.76. The Morgan fingerprint density at radius 3 is 2.64 bits per heavy atom. The smallest absolute Gasteiger partial charge is 0.0998 e. The molecule has 0 atom stereocenters. The molecular weight excluding hydrogens is 394 g/mol. The average molecular weight is 412 g/mol. The molecule has 0 saturated carbocycles. The van der Waals surface area contributed by atoms with E-state index in [2.05, 4.69) is 61.7 Å². The van der Waals surface area contributed by atoms with Crippen LogP contribution >= 0.6 is 27.3 Å². The van der Waals surface area contributed by atoms with Crippen molar-refractivity contribution >= 4 is 43.7 Å². The Labute approximate surface area is 160 Å². The molecule has 5 heteroatoms. The zero-order valence-corrected chi connectivity index (χ0v) is 16.2. The van der Waals surface area contributed by atoms with Crippen LogP contribution in [-0.4, -0.2) is 18.1 Å². The third kappa shape index (κ3) is 3.30. The number of hydrogen-bond donors (Lipinski definition) is 0. The van der Waals surface area contributed by atoms with Crippen LogP contribution in [0.2, 0.25) is 0 Å². The maximum Gasteiger partial charge on any atom is 0.0998 e. The van der Waals surface area contributed by atoms with E-state index in [4.69, 9.17) is 0 Å². The average Bonchev–Trinajstić information content (AvgIpc) is 3.06. The van der Waals surface area contributed by atoms with Gasteiger partial charge in [-0.2, -0.15) is 5.26 Å². The number of nitriles is 1. The number of halogens is 1. The summed E-state index contributed by atoms with van der Waals surface area (Å²) in [5.41, 5.74) is 3.27. The van der Waals surface area contributed by atoms with Gasteiger partial charge in [0, 0.05) is 30.4 Å². The SMILES string of the molecule is N#Cc1ccc(N2CCCCN2Cc2csc(Br)c2)c2ccccc12. The Hall–Kier alpha value is -1.87. The van der Waals surface area contributed by atoms with Gasteiger partial charge >= 0.3 is 0 Å². The van der Waals surface area contributed by atoms with Gasteiger partial charge in [0.1, 0.15) is 0 Å². The molecule has 2 heterocycles. The molecule has 0 spiro atoms.